The maximum absolute atomic E-state index is 2.25. The van der Waals surface area contributed by atoms with E-state index in [1.807, 2.05) is 0 Å². The molecule has 0 amide bonds. The van der Waals surface area contributed by atoms with Crippen molar-refractivity contribution in [2.24, 2.45) is 0 Å². The van der Waals surface area contributed by atoms with Crippen LogP contribution in [0.4, 0.5) is 0 Å². The van der Waals surface area contributed by atoms with Gasteiger partial charge in [0.2, 0.25) is 0 Å². The fourth-order valence-electron chi connectivity index (χ4n) is 2.84. The predicted octanol–water partition coefficient (Wildman–Crippen LogP) is 5.95. The highest BCUT2D eigenvalue weighted by Gasteiger charge is 2.10. The fraction of sp³-hybridized carbons (Fsp3) is 0.143. The predicted molar refractivity (Wildman–Crippen MR) is 91.5 cm³/mol. The molecule has 0 bridgehead atoms. The number of rotatable bonds is 2. The van der Waals surface area contributed by atoms with E-state index in [1.54, 1.807) is 0 Å². The van der Waals surface area contributed by atoms with Gasteiger partial charge in [0.1, 0.15) is 0 Å². The lowest BCUT2D eigenvalue weighted by Gasteiger charge is -2.15. The van der Waals surface area contributed by atoms with Crippen molar-refractivity contribution in [2.45, 2.75) is 20.8 Å². The van der Waals surface area contributed by atoms with Crippen molar-refractivity contribution in [3.8, 4) is 22.3 Å². The Hall–Kier alpha value is -2.34. The van der Waals surface area contributed by atoms with Crippen molar-refractivity contribution in [3.05, 3.63) is 83.4 Å². The second-order valence-corrected chi connectivity index (χ2v) is 5.59. The zero-order chi connectivity index (χ0) is 14.8. The van der Waals surface area contributed by atoms with Crippen LogP contribution in [-0.4, -0.2) is 0 Å². The van der Waals surface area contributed by atoms with Gasteiger partial charge in [-0.1, -0.05) is 66.7 Å². The molecular weight excluding hydrogens is 252 g/mol. The topological polar surface area (TPSA) is 0 Å². The molecule has 0 N–H and O–H groups in total. The summed E-state index contributed by atoms with van der Waals surface area (Å²) in [6.07, 6.45) is 0. The summed E-state index contributed by atoms with van der Waals surface area (Å²) in [6, 6.07) is 23.7. The van der Waals surface area contributed by atoms with E-state index in [2.05, 4.69) is 87.5 Å². The van der Waals surface area contributed by atoms with Gasteiger partial charge in [-0.3, -0.25) is 0 Å². The largest absolute Gasteiger partial charge is 0.0622 e. The second kappa shape index (κ2) is 5.57. The van der Waals surface area contributed by atoms with Crippen LogP contribution in [0.15, 0.2) is 66.7 Å². The molecule has 0 aliphatic heterocycles. The first-order valence-corrected chi connectivity index (χ1v) is 7.40. The minimum Gasteiger partial charge on any atom is -0.0622 e. The smallest absolute Gasteiger partial charge is 0.0103 e. The summed E-state index contributed by atoms with van der Waals surface area (Å²) in [6.45, 7) is 6.61. The van der Waals surface area contributed by atoms with Crippen LogP contribution in [0.1, 0.15) is 16.7 Å². The maximum Gasteiger partial charge on any atom is -0.0103 e. The minimum atomic E-state index is 1.27. The molecule has 21 heavy (non-hydrogen) atoms. The molecule has 0 saturated heterocycles. The Bertz CT molecular complexity index is 767. The summed E-state index contributed by atoms with van der Waals surface area (Å²) >= 11 is 0. The van der Waals surface area contributed by atoms with Crippen molar-refractivity contribution >= 4 is 0 Å². The third-order valence-electron chi connectivity index (χ3n) is 4.36. The van der Waals surface area contributed by atoms with E-state index in [1.165, 1.54) is 38.9 Å². The summed E-state index contributed by atoms with van der Waals surface area (Å²) < 4.78 is 0. The molecule has 0 heterocycles. The Morgan fingerprint density at radius 2 is 1.10 bits per heavy atom. The highest BCUT2D eigenvalue weighted by Crippen LogP contribution is 2.35. The highest BCUT2D eigenvalue weighted by atomic mass is 14.1. The van der Waals surface area contributed by atoms with Gasteiger partial charge in [0.05, 0.1) is 0 Å². The lowest BCUT2D eigenvalue weighted by atomic mass is 9.89. The average molecular weight is 272 g/mol. The Morgan fingerprint density at radius 3 is 1.81 bits per heavy atom. The van der Waals surface area contributed by atoms with E-state index in [-0.39, 0.29) is 0 Å². The van der Waals surface area contributed by atoms with Crippen molar-refractivity contribution < 1.29 is 0 Å². The molecule has 0 unspecified atom stereocenters. The Morgan fingerprint density at radius 1 is 0.476 bits per heavy atom. The van der Waals surface area contributed by atoms with E-state index < -0.39 is 0 Å². The van der Waals surface area contributed by atoms with Gasteiger partial charge in [0, 0.05) is 0 Å². The Kier molecular flexibility index (Phi) is 3.62. The molecule has 0 aliphatic rings. The van der Waals surface area contributed by atoms with Crippen LogP contribution in [-0.2, 0) is 0 Å². The van der Waals surface area contributed by atoms with Gasteiger partial charge in [-0.25, -0.2) is 0 Å². The summed E-state index contributed by atoms with van der Waals surface area (Å²) in [5.74, 6) is 0. The van der Waals surface area contributed by atoms with Crippen molar-refractivity contribution in [2.75, 3.05) is 0 Å². The summed E-state index contributed by atoms with van der Waals surface area (Å²) in [5.41, 5.74) is 9.32. The molecule has 0 atom stereocenters. The zero-order valence-electron chi connectivity index (χ0n) is 12.9. The second-order valence-electron chi connectivity index (χ2n) is 5.59. The first-order chi connectivity index (χ1) is 10.2. The van der Waals surface area contributed by atoms with E-state index in [4.69, 9.17) is 0 Å². The SMILES string of the molecule is Cc1ccc(-c2ccccc2-c2ccccc2)c(C)c1C. The van der Waals surface area contributed by atoms with Gasteiger partial charge in [0.15, 0.2) is 0 Å². The van der Waals surface area contributed by atoms with Crippen LogP contribution >= 0.6 is 0 Å². The van der Waals surface area contributed by atoms with Gasteiger partial charge in [-0.2, -0.15) is 0 Å². The molecule has 0 saturated carbocycles. The van der Waals surface area contributed by atoms with Gasteiger partial charge in [0.25, 0.3) is 0 Å². The van der Waals surface area contributed by atoms with Crippen molar-refractivity contribution in [3.63, 3.8) is 0 Å². The van der Waals surface area contributed by atoms with Crippen LogP contribution in [0.3, 0.4) is 0 Å². The fourth-order valence-corrected chi connectivity index (χ4v) is 2.84. The molecule has 0 radical (unpaired) electrons. The Balaban J connectivity index is 2.23. The van der Waals surface area contributed by atoms with Crippen molar-refractivity contribution in [1.29, 1.82) is 0 Å². The molecule has 3 rings (SSSR count). The quantitative estimate of drug-likeness (QED) is 0.541. The molecule has 0 nitrogen and oxygen atoms in total. The van der Waals surface area contributed by atoms with Crippen LogP contribution in [0.5, 0.6) is 0 Å². The lowest BCUT2D eigenvalue weighted by Crippen LogP contribution is -1.92. The molecule has 104 valence electrons. The van der Waals surface area contributed by atoms with E-state index in [0.717, 1.165) is 0 Å². The Labute approximate surface area is 127 Å². The number of hydrogen-bond donors (Lipinski definition) is 0. The molecule has 0 aromatic heterocycles. The molecule has 3 aromatic rings. The van der Waals surface area contributed by atoms with Gasteiger partial charge in [-0.15, -0.1) is 0 Å². The first kappa shape index (κ1) is 13.6. The van der Waals surface area contributed by atoms with Gasteiger partial charge < -0.3 is 0 Å². The molecule has 0 heteroatoms. The van der Waals surface area contributed by atoms with Crippen molar-refractivity contribution in [1.82, 2.24) is 0 Å². The third kappa shape index (κ3) is 2.50. The highest BCUT2D eigenvalue weighted by molar-refractivity contribution is 5.85. The van der Waals surface area contributed by atoms with E-state index in [0.29, 0.717) is 0 Å². The average Bonchev–Trinajstić information content (AvgIpc) is 2.54. The summed E-state index contributed by atoms with van der Waals surface area (Å²) in [4.78, 5) is 0. The first-order valence-electron chi connectivity index (χ1n) is 7.40. The lowest BCUT2D eigenvalue weighted by molar-refractivity contribution is 1.27. The number of aryl methyl sites for hydroxylation is 1. The van der Waals surface area contributed by atoms with Crippen LogP contribution < -0.4 is 0 Å². The standard InChI is InChI=1S/C21H20/c1-15-13-14-19(17(3)16(15)2)21-12-8-7-11-20(21)18-9-5-4-6-10-18/h4-14H,1-3H3. The number of benzene rings is 3. The zero-order valence-corrected chi connectivity index (χ0v) is 12.9. The summed E-state index contributed by atoms with van der Waals surface area (Å²) in [5, 5.41) is 0. The molecule has 3 aromatic carbocycles. The minimum absolute atomic E-state index is 1.27. The van der Waals surface area contributed by atoms with Gasteiger partial charge in [-0.05, 0) is 59.7 Å². The monoisotopic (exact) mass is 272 g/mol. The van der Waals surface area contributed by atoms with E-state index in [9.17, 15) is 0 Å². The van der Waals surface area contributed by atoms with Crippen LogP contribution in [0.2, 0.25) is 0 Å². The van der Waals surface area contributed by atoms with Gasteiger partial charge >= 0.3 is 0 Å². The molecule has 0 aliphatic carbocycles. The third-order valence-corrected chi connectivity index (χ3v) is 4.36. The molecule has 0 fully saturated rings. The number of hydrogen-bond acceptors (Lipinski definition) is 0. The molecule has 0 spiro atoms. The van der Waals surface area contributed by atoms with Crippen LogP contribution in [0.25, 0.3) is 22.3 Å². The van der Waals surface area contributed by atoms with E-state index >= 15 is 0 Å². The molecular formula is C21H20. The summed E-state index contributed by atoms with van der Waals surface area (Å²) in [7, 11) is 0. The maximum atomic E-state index is 2.25. The van der Waals surface area contributed by atoms with Crippen LogP contribution in [0, 0.1) is 20.8 Å². The normalized spacial score (nSPS) is 10.6.